The molecule has 1 aromatic carbocycles. The molecule has 3 amide bonds. The Morgan fingerprint density at radius 3 is 2.63 bits per heavy atom. The molecule has 1 atom stereocenters. The molecule has 1 aliphatic heterocycles. The number of esters is 1. The number of nitrogens with zero attached hydrogens (tertiary/aromatic N) is 4. The van der Waals surface area contributed by atoms with Gasteiger partial charge in [0.1, 0.15) is 11.3 Å². The van der Waals surface area contributed by atoms with Crippen LogP contribution in [0.4, 0.5) is 4.79 Å². The Balaban J connectivity index is 1.63. The molecule has 3 aromatic rings. The van der Waals surface area contributed by atoms with Gasteiger partial charge in [-0.15, -0.1) is 0 Å². The van der Waals surface area contributed by atoms with Crippen LogP contribution in [0.15, 0.2) is 61.1 Å². The minimum absolute atomic E-state index is 0.192. The van der Waals surface area contributed by atoms with Crippen LogP contribution < -0.4 is 5.32 Å². The molecule has 0 saturated carbocycles. The van der Waals surface area contributed by atoms with Crippen molar-refractivity contribution >= 4 is 17.9 Å². The molecule has 1 N–H and O–H groups in total. The zero-order valence-electron chi connectivity index (χ0n) is 16.2. The first-order valence-corrected chi connectivity index (χ1v) is 9.40. The predicted octanol–water partition coefficient (Wildman–Crippen LogP) is 2.03. The highest BCUT2D eigenvalue weighted by molar-refractivity contribution is 6.01. The third kappa shape index (κ3) is 3.77. The molecule has 9 nitrogen and oxygen atoms in total. The van der Waals surface area contributed by atoms with Gasteiger partial charge in [0, 0.05) is 37.2 Å². The molecular weight excluding hydrogens is 386 g/mol. The summed E-state index contributed by atoms with van der Waals surface area (Å²) in [6, 6.07) is 12.3. The van der Waals surface area contributed by atoms with E-state index < -0.39 is 24.0 Å². The third-order valence-corrected chi connectivity index (χ3v) is 4.64. The minimum atomic E-state index is -1.12. The van der Waals surface area contributed by atoms with Crippen LogP contribution in [0.2, 0.25) is 0 Å². The van der Waals surface area contributed by atoms with E-state index in [4.69, 9.17) is 4.74 Å². The fraction of sp³-hybridized carbons (Fsp3) is 0.190. The summed E-state index contributed by atoms with van der Waals surface area (Å²) in [4.78, 5) is 42.2. The van der Waals surface area contributed by atoms with Crippen molar-refractivity contribution in [1.82, 2.24) is 25.0 Å². The number of carbonyl (C=O) groups excluding carboxylic acids is 3. The molecule has 0 aliphatic carbocycles. The molecule has 1 aliphatic rings. The highest BCUT2D eigenvalue weighted by Crippen LogP contribution is 2.24. The zero-order valence-corrected chi connectivity index (χ0v) is 16.2. The Morgan fingerprint density at radius 1 is 1.17 bits per heavy atom. The van der Waals surface area contributed by atoms with Crippen molar-refractivity contribution in [2.24, 2.45) is 0 Å². The number of nitrogens with one attached hydrogen (secondary N) is 1. The number of para-hydroxylation sites is 1. The number of urea groups is 1. The summed E-state index contributed by atoms with van der Waals surface area (Å²) in [7, 11) is 0. The number of aromatic nitrogens is 3. The Kier molecular flexibility index (Phi) is 5.25. The van der Waals surface area contributed by atoms with Crippen molar-refractivity contribution in [3.8, 4) is 16.9 Å². The third-order valence-electron chi connectivity index (χ3n) is 4.64. The molecule has 30 heavy (non-hydrogen) atoms. The number of hydrogen-bond acceptors (Lipinski definition) is 6. The lowest BCUT2D eigenvalue weighted by atomic mass is 10.1. The molecule has 152 valence electrons. The van der Waals surface area contributed by atoms with E-state index >= 15 is 0 Å². The summed E-state index contributed by atoms with van der Waals surface area (Å²) in [5.74, 6) is -1.28. The van der Waals surface area contributed by atoms with Gasteiger partial charge in [-0.2, -0.15) is 5.10 Å². The molecule has 0 unspecified atom stereocenters. The van der Waals surface area contributed by atoms with Gasteiger partial charge in [-0.05, 0) is 31.2 Å². The Hall–Kier alpha value is -4.01. The second-order valence-corrected chi connectivity index (χ2v) is 6.68. The van der Waals surface area contributed by atoms with Crippen molar-refractivity contribution < 1.29 is 19.1 Å². The molecule has 0 radical (unpaired) electrons. The maximum atomic E-state index is 12.9. The average molecular weight is 405 g/mol. The standard InChI is InChI=1S/C21H19N5O4/c1-14(19(27)25-11-10-23-21(25)29)30-20(28)17-13-26(16-7-3-2-4-8-16)24-18(17)15-6-5-9-22-12-15/h2-9,12-14H,10-11H2,1H3,(H,23,29)/t14-/m1/s1. The SMILES string of the molecule is C[C@@H](OC(=O)c1cn(-c2ccccc2)nc1-c1cccnc1)C(=O)N1CCNC1=O. The normalized spacial score (nSPS) is 14.3. The molecule has 0 bridgehead atoms. The van der Waals surface area contributed by atoms with Crippen LogP contribution in [-0.4, -0.2) is 56.8 Å². The summed E-state index contributed by atoms with van der Waals surface area (Å²) in [5.41, 5.74) is 1.98. The Bertz CT molecular complexity index is 1080. The molecule has 9 heteroatoms. The monoisotopic (exact) mass is 405 g/mol. The van der Waals surface area contributed by atoms with Crippen LogP contribution >= 0.6 is 0 Å². The number of rotatable bonds is 5. The number of ether oxygens (including phenoxy) is 1. The molecule has 0 spiro atoms. The lowest BCUT2D eigenvalue weighted by Crippen LogP contribution is -2.41. The van der Waals surface area contributed by atoms with E-state index in [-0.39, 0.29) is 12.1 Å². The number of benzene rings is 1. The molecule has 3 heterocycles. The van der Waals surface area contributed by atoms with Crippen LogP contribution in [-0.2, 0) is 9.53 Å². The van der Waals surface area contributed by atoms with Gasteiger partial charge >= 0.3 is 12.0 Å². The second kappa shape index (κ2) is 8.16. The van der Waals surface area contributed by atoms with Crippen molar-refractivity contribution in [2.75, 3.05) is 13.1 Å². The molecule has 1 saturated heterocycles. The fourth-order valence-corrected chi connectivity index (χ4v) is 3.13. The van der Waals surface area contributed by atoms with Crippen LogP contribution in [0, 0.1) is 0 Å². The summed E-state index contributed by atoms with van der Waals surface area (Å²) in [5, 5.41) is 7.08. The number of hydrogen-bond donors (Lipinski definition) is 1. The average Bonchev–Trinajstić information content (AvgIpc) is 3.41. The molecule has 4 rings (SSSR count). The number of amides is 3. The first-order chi connectivity index (χ1) is 14.5. The van der Waals surface area contributed by atoms with Crippen molar-refractivity contribution in [1.29, 1.82) is 0 Å². The molecule has 2 aromatic heterocycles. The summed E-state index contributed by atoms with van der Waals surface area (Å²) < 4.78 is 6.96. The predicted molar refractivity (Wildman–Crippen MR) is 107 cm³/mol. The van der Waals surface area contributed by atoms with E-state index in [2.05, 4.69) is 15.4 Å². The van der Waals surface area contributed by atoms with Gasteiger partial charge in [-0.1, -0.05) is 18.2 Å². The molecular formula is C21H19N5O4. The minimum Gasteiger partial charge on any atom is -0.449 e. The van der Waals surface area contributed by atoms with Crippen LogP contribution in [0.5, 0.6) is 0 Å². The van der Waals surface area contributed by atoms with E-state index in [0.29, 0.717) is 17.8 Å². The van der Waals surface area contributed by atoms with E-state index in [9.17, 15) is 14.4 Å². The summed E-state index contributed by atoms with van der Waals surface area (Å²) in [6.07, 6.45) is 3.65. The maximum Gasteiger partial charge on any atom is 0.342 e. The first-order valence-electron chi connectivity index (χ1n) is 9.40. The Labute approximate surface area is 172 Å². The quantitative estimate of drug-likeness (QED) is 0.651. The van der Waals surface area contributed by atoms with E-state index in [1.54, 1.807) is 35.4 Å². The highest BCUT2D eigenvalue weighted by atomic mass is 16.5. The van der Waals surface area contributed by atoms with Gasteiger partial charge in [0.2, 0.25) is 0 Å². The fourth-order valence-electron chi connectivity index (χ4n) is 3.13. The van der Waals surface area contributed by atoms with E-state index in [1.165, 1.54) is 6.92 Å². The van der Waals surface area contributed by atoms with E-state index in [0.717, 1.165) is 10.6 Å². The maximum absolute atomic E-state index is 12.9. The largest absolute Gasteiger partial charge is 0.449 e. The summed E-state index contributed by atoms with van der Waals surface area (Å²) in [6.45, 7) is 2.06. The number of pyridine rings is 1. The van der Waals surface area contributed by atoms with Gasteiger partial charge in [0.15, 0.2) is 6.10 Å². The van der Waals surface area contributed by atoms with Gasteiger partial charge in [-0.3, -0.25) is 14.7 Å². The van der Waals surface area contributed by atoms with Gasteiger partial charge in [-0.25, -0.2) is 14.3 Å². The number of imide groups is 1. The van der Waals surface area contributed by atoms with Crippen molar-refractivity contribution in [3.05, 3.63) is 66.6 Å². The first kappa shape index (κ1) is 19.3. The number of carbonyl (C=O) groups is 3. The van der Waals surface area contributed by atoms with Crippen LogP contribution in [0.25, 0.3) is 16.9 Å². The topological polar surface area (TPSA) is 106 Å². The van der Waals surface area contributed by atoms with Crippen molar-refractivity contribution in [2.45, 2.75) is 13.0 Å². The van der Waals surface area contributed by atoms with Gasteiger partial charge < -0.3 is 10.1 Å². The highest BCUT2D eigenvalue weighted by Gasteiger charge is 2.32. The zero-order chi connectivity index (χ0) is 21.1. The lowest BCUT2D eigenvalue weighted by Gasteiger charge is -2.18. The van der Waals surface area contributed by atoms with Crippen molar-refractivity contribution in [3.63, 3.8) is 0 Å². The van der Waals surface area contributed by atoms with Crippen LogP contribution in [0.1, 0.15) is 17.3 Å². The second-order valence-electron chi connectivity index (χ2n) is 6.68. The van der Waals surface area contributed by atoms with Crippen LogP contribution in [0.3, 0.4) is 0 Å². The Morgan fingerprint density at radius 2 is 1.97 bits per heavy atom. The van der Waals surface area contributed by atoms with E-state index in [1.807, 2.05) is 30.3 Å². The lowest BCUT2D eigenvalue weighted by molar-refractivity contribution is -0.136. The smallest absolute Gasteiger partial charge is 0.342 e. The molecule has 1 fully saturated rings. The van der Waals surface area contributed by atoms with Gasteiger partial charge in [0.05, 0.1) is 5.69 Å². The summed E-state index contributed by atoms with van der Waals surface area (Å²) >= 11 is 0. The van der Waals surface area contributed by atoms with Gasteiger partial charge in [0.25, 0.3) is 5.91 Å².